The summed E-state index contributed by atoms with van der Waals surface area (Å²) in [4.78, 5) is 26.3. The minimum atomic E-state index is -0.967. The molecule has 0 saturated heterocycles. The fraction of sp³-hybridized carbons (Fsp3) is 0.308. The number of rotatable bonds is 11. The number of anilines is 1. The van der Waals surface area contributed by atoms with Crippen LogP contribution in [0.25, 0.3) is 0 Å². The molecule has 174 valence electrons. The fourth-order valence-electron chi connectivity index (χ4n) is 3.76. The van der Waals surface area contributed by atoms with Crippen LogP contribution >= 0.6 is 23.2 Å². The van der Waals surface area contributed by atoms with Gasteiger partial charge in [0, 0.05) is 18.8 Å². The Hall–Kier alpha value is -2.76. The molecule has 0 aliphatic carbocycles. The molecule has 0 radical (unpaired) electrons. The van der Waals surface area contributed by atoms with Crippen LogP contribution in [0.3, 0.4) is 0 Å². The van der Waals surface area contributed by atoms with Gasteiger partial charge in [-0.25, -0.2) is 4.79 Å². The van der Waals surface area contributed by atoms with E-state index >= 15 is 0 Å². The van der Waals surface area contributed by atoms with Gasteiger partial charge in [0.15, 0.2) is 0 Å². The maximum Gasteiger partial charge on any atom is 0.335 e. The predicted molar refractivity (Wildman–Crippen MR) is 135 cm³/mol. The van der Waals surface area contributed by atoms with E-state index in [1.807, 2.05) is 18.2 Å². The fourth-order valence-corrected chi connectivity index (χ4v) is 4.30. The number of aromatic nitrogens is 1. The number of benzene rings is 2. The molecule has 0 saturated carbocycles. The van der Waals surface area contributed by atoms with E-state index in [-0.39, 0.29) is 16.1 Å². The summed E-state index contributed by atoms with van der Waals surface area (Å²) in [6, 6.07) is 18.3. The Bertz CT molecular complexity index is 1130. The Morgan fingerprint density at radius 1 is 1.00 bits per heavy atom. The molecule has 0 fully saturated rings. The van der Waals surface area contributed by atoms with Crippen LogP contribution in [-0.2, 0) is 19.5 Å². The highest BCUT2D eigenvalue weighted by molar-refractivity contribution is 6.34. The molecule has 0 aliphatic rings. The first kappa shape index (κ1) is 24.9. The van der Waals surface area contributed by atoms with Crippen LogP contribution in [0.15, 0.2) is 65.5 Å². The second-order valence-electron chi connectivity index (χ2n) is 7.96. The Balaban J connectivity index is 1.89. The number of carboxylic acid groups (broad SMARTS) is 1. The Morgan fingerprint density at radius 2 is 1.70 bits per heavy atom. The molecule has 0 aliphatic heterocycles. The average Bonchev–Trinajstić information content (AvgIpc) is 2.82. The van der Waals surface area contributed by atoms with Gasteiger partial charge in [-0.15, -0.1) is 0 Å². The van der Waals surface area contributed by atoms with E-state index in [0.29, 0.717) is 30.2 Å². The standard InChI is InChI=1S/C26H28Cl2N2O3/c1-2-3-7-15-29(21-8-5-4-6-9-21)18-24-22(27)17-23(28)25(31)30(24)16-14-19-10-12-20(13-11-19)26(32)33/h4-6,8-13,17H,2-3,7,14-16,18H2,1H3,(H,32,33). The van der Waals surface area contributed by atoms with Crippen molar-refractivity contribution < 1.29 is 9.90 Å². The molecule has 1 heterocycles. The topological polar surface area (TPSA) is 62.5 Å². The highest BCUT2D eigenvalue weighted by Gasteiger charge is 2.17. The molecule has 3 rings (SSSR count). The van der Waals surface area contributed by atoms with Gasteiger partial charge in [-0.3, -0.25) is 4.79 Å². The van der Waals surface area contributed by atoms with Gasteiger partial charge in [0.05, 0.1) is 22.8 Å². The number of aromatic carboxylic acids is 1. The number of pyridine rings is 1. The number of aryl methyl sites for hydroxylation is 1. The highest BCUT2D eigenvalue weighted by Crippen LogP contribution is 2.24. The van der Waals surface area contributed by atoms with Crippen LogP contribution in [0.4, 0.5) is 5.69 Å². The zero-order valence-corrected chi connectivity index (χ0v) is 20.1. The second-order valence-corrected chi connectivity index (χ2v) is 8.77. The van der Waals surface area contributed by atoms with Crippen molar-refractivity contribution in [3.63, 3.8) is 0 Å². The number of halogens is 2. The lowest BCUT2D eigenvalue weighted by Crippen LogP contribution is -2.31. The van der Waals surface area contributed by atoms with Crippen molar-refractivity contribution in [3.05, 3.63) is 97.9 Å². The molecule has 0 atom stereocenters. The summed E-state index contributed by atoms with van der Waals surface area (Å²) in [6.45, 7) is 3.89. The van der Waals surface area contributed by atoms with Crippen LogP contribution in [-0.4, -0.2) is 22.2 Å². The Labute approximate surface area is 204 Å². The van der Waals surface area contributed by atoms with Gasteiger partial charge in [0.2, 0.25) is 0 Å². The molecule has 0 spiro atoms. The third-order valence-electron chi connectivity index (χ3n) is 5.62. The van der Waals surface area contributed by atoms with Gasteiger partial charge in [-0.05, 0) is 48.7 Å². The minimum absolute atomic E-state index is 0.0854. The third-order valence-corrected chi connectivity index (χ3v) is 6.22. The number of hydrogen-bond donors (Lipinski definition) is 1. The van der Waals surface area contributed by atoms with Crippen molar-refractivity contribution in [2.24, 2.45) is 0 Å². The highest BCUT2D eigenvalue weighted by atomic mass is 35.5. The smallest absolute Gasteiger partial charge is 0.335 e. The molecule has 2 aromatic carbocycles. The molecule has 0 bridgehead atoms. The monoisotopic (exact) mass is 486 g/mol. The molecule has 0 amide bonds. The lowest BCUT2D eigenvalue weighted by molar-refractivity contribution is 0.0697. The summed E-state index contributed by atoms with van der Waals surface area (Å²) in [7, 11) is 0. The Morgan fingerprint density at radius 3 is 2.33 bits per heavy atom. The van der Waals surface area contributed by atoms with E-state index in [4.69, 9.17) is 28.3 Å². The van der Waals surface area contributed by atoms with Gasteiger partial charge >= 0.3 is 5.97 Å². The molecule has 3 aromatic rings. The van der Waals surface area contributed by atoms with Crippen LogP contribution in [0.5, 0.6) is 0 Å². The van der Waals surface area contributed by atoms with E-state index in [1.54, 1.807) is 28.8 Å². The molecular formula is C26H28Cl2N2O3. The average molecular weight is 487 g/mol. The molecule has 7 heteroatoms. The number of nitrogens with zero attached hydrogens (tertiary/aromatic N) is 2. The first-order valence-corrected chi connectivity index (χ1v) is 11.9. The normalized spacial score (nSPS) is 10.9. The summed E-state index contributed by atoms with van der Waals surface area (Å²) in [6.07, 6.45) is 3.83. The van der Waals surface area contributed by atoms with Crippen LogP contribution < -0.4 is 10.5 Å². The number of carboxylic acids is 1. The van der Waals surface area contributed by atoms with E-state index in [0.717, 1.165) is 37.1 Å². The summed E-state index contributed by atoms with van der Waals surface area (Å²) in [5.41, 5.74) is 2.67. The summed E-state index contributed by atoms with van der Waals surface area (Å²) in [5.74, 6) is -0.967. The first-order valence-electron chi connectivity index (χ1n) is 11.1. The Kier molecular flexibility index (Phi) is 8.98. The lowest BCUT2D eigenvalue weighted by atomic mass is 10.1. The van der Waals surface area contributed by atoms with Gasteiger partial charge in [-0.1, -0.05) is 73.3 Å². The van der Waals surface area contributed by atoms with E-state index in [1.165, 1.54) is 6.07 Å². The predicted octanol–water partition coefficient (Wildman–Crippen LogP) is 6.29. The molecular weight excluding hydrogens is 459 g/mol. The maximum atomic E-state index is 13.0. The lowest BCUT2D eigenvalue weighted by Gasteiger charge is -2.27. The van der Waals surface area contributed by atoms with E-state index in [9.17, 15) is 9.59 Å². The van der Waals surface area contributed by atoms with Crippen LogP contribution in [0, 0.1) is 0 Å². The van der Waals surface area contributed by atoms with E-state index < -0.39 is 5.97 Å². The number of para-hydroxylation sites is 1. The van der Waals surface area contributed by atoms with Crippen molar-refractivity contribution >= 4 is 34.9 Å². The molecule has 1 N–H and O–H groups in total. The third kappa shape index (κ3) is 6.62. The van der Waals surface area contributed by atoms with Gasteiger partial charge in [0.1, 0.15) is 5.02 Å². The first-order chi connectivity index (χ1) is 15.9. The largest absolute Gasteiger partial charge is 0.478 e. The zero-order valence-electron chi connectivity index (χ0n) is 18.6. The van der Waals surface area contributed by atoms with Crippen molar-refractivity contribution in [2.75, 3.05) is 11.4 Å². The summed E-state index contributed by atoms with van der Waals surface area (Å²) < 4.78 is 1.64. The summed E-state index contributed by atoms with van der Waals surface area (Å²) in [5, 5.41) is 9.63. The minimum Gasteiger partial charge on any atom is -0.478 e. The quantitative estimate of drug-likeness (QED) is 0.323. The van der Waals surface area contributed by atoms with Crippen molar-refractivity contribution in [1.82, 2.24) is 4.57 Å². The van der Waals surface area contributed by atoms with Crippen molar-refractivity contribution in [2.45, 2.75) is 45.7 Å². The van der Waals surface area contributed by atoms with Gasteiger partial charge in [0.25, 0.3) is 5.56 Å². The van der Waals surface area contributed by atoms with Gasteiger partial charge < -0.3 is 14.6 Å². The summed E-state index contributed by atoms with van der Waals surface area (Å²) >= 11 is 12.8. The SMILES string of the molecule is CCCCCN(Cc1c(Cl)cc(Cl)c(=O)n1CCc1ccc(C(=O)O)cc1)c1ccccc1. The molecule has 5 nitrogen and oxygen atoms in total. The number of hydrogen-bond acceptors (Lipinski definition) is 3. The van der Waals surface area contributed by atoms with Gasteiger partial charge in [-0.2, -0.15) is 0 Å². The number of unbranched alkanes of at least 4 members (excludes halogenated alkanes) is 2. The van der Waals surface area contributed by atoms with Crippen molar-refractivity contribution in [1.29, 1.82) is 0 Å². The van der Waals surface area contributed by atoms with Crippen molar-refractivity contribution in [3.8, 4) is 0 Å². The zero-order chi connectivity index (χ0) is 23.8. The molecule has 33 heavy (non-hydrogen) atoms. The molecule has 0 unspecified atom stereocenters. The second kappa shape index (κ2) is 11.9. The van der Waals surface area contributed by atoms with E-state index in [2.05, 4.69) is 24.0 Å². The molecule has 1 aromatic heterocycles. The number of carbonyl (C=O) groups is 1. The van der Waals surface area contributed by atoms with Crippen LogP contribution in [0.2, 0.25) is 10.0 Å². The maximum absolute atomic E-state index is 13.0. The van der Waals surface area contributed by atoms with Crippen LogP contribution in [0.1, 0.15) is 47.8 Å².